The van der Waals surface area contributed by atoms with Crippen LogP contribution in [0.2, 0.25) is 0 Å². The van der Waals surface area contributed by atoms with E-state index in [1.165, 1.54) is 0 Å². The van der Waals surface area contributed by atoms with Crippen LogP contribution in [0.4, 0.5) is 0 Å². The van der Waals surface area contributed by atoms with Gasteiger partial charge in [-0.1, -0.05) is 20.8 Å². The van der Waals surface area contributed by atoms with Gasteiger partial charge >= 0.3 is 7.60 Å². The van der Waals surface area contributed by atoms with E-state index in [1.807, 2.05) is 20.8 Å². The molecule has 0 heterocycles. The Balaban J connectivity index is 4.41. The largest absolute Gasteiger partial charge is 0.326 e. The predicted molar refractivity (Wildman–Crippen MR) is 50.2 cm³/mol. The molecule has 0 spiro atoms. The Kier molecular flexibility index (Phi) is 4.46. The molecule has 0 saturated carbocycles. The van der Waals surface area contributed by atoms with Crippen molar-refractivity contribution in [3.63, 3.8) is 0 Å². The molecule has 0 rings (SSSR count). The predicted octanol–water partition coefficient (Wildman–Crippen LogP) is 2.38. The topological polar surface area (TPSA) is 57.5 Å². The van der Waals surface area contributed by atoms with Gasteiger partial charge in [0.15, 0.2) is 0 Å². The van der Waals surface area contributed by atoms with Crippen LogP contribution in [0.1, 0.15) is 40.0 Å². The second-order valence-corrected chi connectivity index (χ2v) is 5.03. The third-order valence-electron chi connectivity index (χ3n) is 2.79. The molecular formula is C8H19O3P. The Morgan fingerprint density at radius 1 is 1.08 bits per heavy atom. The maximum Gasteiger partial charge on any atom is 0.326 e. The average Bonchev–Trinajstić information content (AvgIpc) is 1.99. The van der Waals surface area contributed by atoms with Gasteiger partial charge in [0.2, 0.25) is 0 Å². The molecule has 4 heteroatoms. The molecular weight excluding hydrogens is 175 g/mol. The van der Waals surface area contributed by atoms with Crippen molar-refractivity contribution in [2.45, 2.75) is 40.0 Å². The van der Waals surface area contributed by atoms with E-state index in [0.29, 0.717) is 0 Å². The summed E-state index contributed by atoms with van der Waals surface area (Å²) >= 11 is 0. The van der Waals surface area contributed by atoms with Gasteiger partial charge in [0, 0.05) is 0 Å². The summed E-state index contributed by atoms with van der Waals surface area (Å²) in [6.45, 7) is 5.97. The van der Waals surface area contributed by atoms with Gasteiger partial charge in [-0.25, -0.2) is 0 Å². The Bertz CT molecular complexity index is 161. The summed E-state index contributed by atoms with van der Waals surface area (Å²) in [5.41, 5.74) is -0.154. The number of hydrogen-bond donors (Lipinski definition) is 2. The molecule has 0 aromatic rings. The van der Waals surface area contributed by atoms with Crippen molar-refractivity contribution in [1.82, 2.24) is 0 Å². The van der Waals surface area contributed by atoms with Crippen LogP contribution in [-0.4, -0.2) is 15.9 Å². The van der Waals surface area contributed by atoms with Gasteiger partial charge in [-0.15, -0.1) is 0 Å². The minimum absolute atomic E-state index is 0.0312. The highest BCUT2D eigenvalue weighted by molar-refractivity contribution is 7.51. The summed E-state index contributed by atoms with van der Waals surface area (Å²) in [5, 5.41) is 0. The third kappa shape index (κ3) is 3.70. The lowest BCUT2D eigenvalue weighted by Crippen LogP contribution is -2.22. The van der Waals surface area contributed by atoms with Crippen LogP contribution in [0.25, 0.3) is 0 Å². The highest BCUT2D eigenvalue weighted by Crippen LogP contribution is 2.46. The molecule has 0 aliphatic carbocycles. The third-order valence-corrected chi connectivity index (χ3v) is 3.87. The molecule has 0 aromatic carbocycles. The first kappa shape index (κ1) is 12.2. The van der Waals surface area contributed by atoms with Crippen LogP contribution < -0.4 is 0 Å². The zero-order chi connectivity index (χ0) is 9.83. The summed E-state index contributed by atoms with van der Waals surface area (Å²) in [6.07, 6.45) is 2.55. The van der Waals surface area contributed by atoms with E-state index in [0.717, 1.165) is 19.3 Å². The fraction of sp³-hybridized carbons (Fsp3) is 1.00. The molecule has 0 radical (unpaired) electrons. The van der Waals surface area contributed by atoms with Gasteiger partial charge in [0.25, 0.3) is 0 Å². The van der Waals surface area contributed by atoms with Gasteiger partial charge < -0.3 is 9.79 Å². The maximum atomic E-state index is 10.8. The van der Waals surface area contributed by atoms with Gasteiger partial charge in [-0.2, -0.15) is 0 Å². The van der Waals surface area contributed by atoms with Crippen LogP contribution in [0.3, 0.4) is 0 Å². The molecule has 0 fully saturated rings. The molecule has 0 unspecified atom stereocenters. The average molecular weight is 194 g/mol. The zero-order valence-electron chi connectivity index (χ0n) is 8.08. The first-order valence-corrected chi connectivity index (χ1v) is 6.23. The maximum absolute atomic E-state index is 10.8. The van der Waals surface area contributed by atoms with Crippen LogP contribution in [0.15, 0.2) is 0 Å². The van der Waals surface area contributed by atoms with E-state index in [1.54, 1.807) is 0 Å². The van der Waals surface area contributed by atoms with Gasteiger partial charge in [0.05, 0.1) is 6.16 Å². The molecule has 0 atom stereocenters. The van der Waals surface area contributed by atoms with E-state index in [9.17, 15) is 4.57 Å². The van der Waals surface area contributed by atoms with Crippen molar-refractivity contribution >= 4 is 7.60 Å². The Hall–Kier alpha value is 0.150. The Labute approximate surface area is 74.3 Å². The molecule has 3 nitrogen and oxygen atoms in total. The highest BCUT2D eigenvalue weighted by Gasteiger charge is 2.31. The standard InChI is InChI=1S/C8H19O3P/c1-4-8(5-2,6-3)7-12(9,10)11/h4-7H2,1-3H3,(H2,9,10,11). The normalized spacial score (nSPS) is 13.4. The lowest BCUT2D eigenvalue weighted by Gasteiger charge is -2.30. The fourth-order valence-electron chi connectivity index (χ4n) is 1.52. The molecule has 0 aromatic heterocycles. The quantitative estimate of drug-likeness (QED) is 0.660. The molecule has 0 aliphatic heterocycles. The highest BCUT2D eigenvalue weighted by atomic mass is 31.2. The van der Waals surface area contributed by atoms with E-state index in [4.69, 9.17) is 9.79 Å². The monoisotopic (exact) mass is 194 g/mol. The molecule has 0 amide bonds. The molecule has 0 bridgehead atoms. The van der Waals surface area contributed by atoms with Gasteiger partial charge in [-0.3, -0.25) is 4.57 Å². The van der Waals surface area contributed by atoms with E-state index in [2.05, 4.69) is 0 Å². The second kappa shape index (κ2) is 4.40. The van der Waals surface area contributed by atoms with Gasteiger partial charge in [-0.05, 0) is 24.7 Å². The van der Waals surface area contributed by atoms with Gasteiger partial charge in [0.1, 0.15) is 0 Å². The van der Waals surface area contributed by atoms with E-state index >= 15 is 0 Å². The fourth-order valence-corrected chi connectivity index (χ4v) is 3.07. The minimum atomic E-state index is -3.84. The van der Waals surface area contributed by atoms with E-state index < -0.39 is 7.60 Å². The van der Waals surface area contributed by atoms with Crippen molar-refractivity contribution in [1.29, 1.82) is 0 Å². The van der Waals surface area contributed by atoms with Crippen molar-refractivity contribution in [3.8, 4) is 0 Å². The van der Waals surface area contributed by atoms with Crippen molar-refractivity contribution < 1.29 is 14.4 Å². The van der Waals surface area contributed by atoms with Crippen LogP contribution >= 0.6 is 7.60 Å². The summed E-state index contributed by atoms with van der Waals surface area (Å²) < 4.78 is 10.8. The van der Waals surface area contributed by atoms with Crippen LogP contribution in [-0.2, 0) is 4.57 Å². The summed E-state index contributed by atoms with van der Waals surface area (Å²) in [4.78, 5) is 17.7. The number of hydrogen-bond acceptors (Lipinski definition) is 1. The number of rotatable bonds is 5. The summed E-state index contributed by atoms with van der Waals surface area (Å²) in [7, 11) is -3.84. The molecule has 2 N–H and O–H groups in total. The Morgan fingerprint density at radius 2 is 1.42 bits per heavy atom. The zero-order valence-corrected chi connectivity index (χ0v) is 8.97. The van der Waals surface area contributed by atoms with Crippen molar-refractivity contribution in [3.05, 3.63) is 0 Å². The van der Waals surface area contributed by atoms with E-state index in [-0.39, 0.29) is 11.6 Å². The van der Waals surface area contributed by atoms with Crippen molar-refractivity contribution in [2.24, 2.45) is 5.41 Å². The first-order valence-electron chi connectivity index (χ1n) is 4.43. The Morgan fingerprint density at radius 3 is 1.50 bits per heavy atom. The second-order valence-electron chi connectivity index (χ2n) is 3.38. The molecule has 12 heavy (non-hydrogen) atoms. The SMILES string of the molecule is CCC(CC)(CC)CP(=O)(O)O. The molecule has 0 saturated heterocycles. The van der Waals surface area contributed by atoms with Crippen LogP contribution in [0.5, 0.6) is 0 Å². The lowest BCUT2D eigenvalue weighted by atomic mass is 9.82. The smallest absolute Gasteiger partial charge is 0.324 e. The van der Waals surface area contributed by atoms with Crippen molar-refractivity contribution in [2.75, 3.05) is 6.16 Å². The first-order chi connectivity index (χ1) is 5.39. The summed E-state index contributed by atoms with van der Waals surface area (Å²) in [5.74, 6) is 0. The lowest BCUT2D eigenvalue weighted by molar-refractivity contribution is 0.261. The minimum Gasteiger partial charge on any atom is -0.324 e. The molecule has 74 valence electrons. The molecule has 0 aliphatic rings. The van der Waals surface area contributed by atoms with Crippen LogP contribution in [0, 0.1) is 5.41 Å². The summed E-state index contributed by atoms with van der Waals surface area (Å²) in [6, 6.07) is 0.